The highest BCUT2D eigenvalue weighted by Gasteiger charge is 2.42. The van der Waals surface area contributed by atoms with Gasteiger partial charge in [0.1, 0.15) is 0 Å². The molecule has 25 heavy (non-hydrogen) atoms. The summed E-state index contributed by atoms with van der Waals surface area (Å²) in [7, 11) is 0. The standard InChI is InChI=1S/C23H27NO/c1-23(2,3)13-21(25)24-14-15-12-20-16-8-4-6-10-18(16)22(15)19-11-7-5-9-17(19)20/h4-11,15,20,22H,12-14H2,1-3H3,(H,24,25). The van der Waals surface area contributed by atoms with Crippen molar-refractivity contribution >= 4 is 5.91 Å². The third kappa shape index (κ3) is 2.99. The molecule has 1 N–H and O–H groups in total. The van der Waals surface area contributed by atoms with E-state index >= 15 is 0 Å². The van der Waals surface area contributed by atoms with E-state index in [2.05, 4.69) is 74.6 Å². The number of nitrogens with one attached hydrogen (secondary N) is 1. The topological polar surface area (TPSA) is 29.1 Å². The first-order chi connectivity index (χ1) is 11.9. The molecule has 130 valence electrons. The van der Waals surface area contributed by atoms with Crippen LogP contribution >= 0.6 is 0 Å². The number of hydrogen-bond acceptors (Lipinski definition) is 1. The molecule has 2 heteroatoms. The molecule has 0 saturated heterocycles. The lowest BCUT2D eigenvalue weighted by Crippen LogP contribution is -2.40. The van der Waals surface area contributed by atoms with E-state index in [1.807, 2.05) is 0 Å². The number of fused-ring (bicyclic) bond motifs is 1. The third-order valence-electron chi connectivity index (χ3n) is 5.68. The summed E-state index contributed by atoms with van der Waals surface area (Å²) in [5.41, 5.74) is 5.95. The number of amides is 1. The van der Waals surface area contributed by atoms with Gasteiger partial charge in [0.05, 0.1) is 0 Å². The van der Waals surface area contributed by atoms with E-state index in [1.165, 1.54) is 22.3 Å². The Bertz CT molecular complexity index is 754. The highest BCUT2D eigenvalue weighted by Crippen LogP contribution is 2.55. The lowest BCUT2D eigenvalue weighted by molar-refractivity contribution is -0.123. The molecule has 0 fully saturated rings. The quantitative estimate of drug-likeness (QED) is 0.856. The van der Waals surface area contributed by atoms with Crippen LogP contribution in [0.2, 0.25) is 0 Å². The largest absolute Gasteiger partial charge is 0.356 e. The zero-order chi connectivity index (χ0) is 17.6. The van der Waals surface area contributed by atoms with Crippen molar-refractivity contribution in [3.63, 3.8) is 0 Å². The fourth-order valence-corrected chi connectivity index (χ4v) is 4.75. The van der Waals surface area contributed by atoms with Gasteiger partial charge < -0.3 is 5.32 Å². The van der Waals surface area contributed by atoms with Crippen LogP contribution in [0.15, 0.2) is 48.5 Å². The van der Waals surface area contributed by atoms with Gasteiger partial charge in [-0.1, -0.05) is 69.3 Å². The van der Waals surface area contributed by atoms with E-state index in [0.717, 1.165) is 13.0 Å². The molecule has 1 amide bonds. The molecule has 2 aromatic carbocycles. The SMILES string of the molecule is CC(C)(C)CC(=O)NCC1CC2c3ccccc3C1c1ccccc12. The first-order valence-electron chi connectivity index (χ1n) is 9.38. The van der Waals surface area contributed by atoms with Crippen LogP contribution in [-0.2, 0) is 4.79 Å². The van der Waals surface area contributed by atoms with E-state index in [9.17, 15) is 4.79 Å². The van der Waals surface area contributed by atoms with Crippen molar-refractivity contribution in [3.05, 3.63) is 70.8 Å². The fourth-order valence-electron chi connectivity index (χ4n) is 4.75. The number of carbonyl (C=O) groups excluding carboxylic acids is 1. The molecule has 1 atom stereocenters. The molecule has 0 spiro atoms. The zero-order valence-electron chi connectivity index (χ0n) is 15.4. The smallest absolute Gasteiger partial charge is 0.220 e. The Labute approximate surface area is 150 Å². The minimum absolute atomic E-state index is 0.0366. The molecule has 3 aliphatic carbocycles. The van der Waals surface area contributed by atoms with Crippen molar-refractivity contribution in [2.45, 2.75) is 45.4 Å². The molecular weight excluding hydrogens is 306 g/mol. The fraction of sp³-hybridized carbons (Fsp3) is 0.435. The Balaban J connectivity index is 1.60. The van der Waals surface area contributed by atoms with Crippen LogP contribution < -0.4 is 5.32 Å². The van der Waals surface area contributed by atoms with Gasteiger partial charge >= 0.3 is 0 Å². The van der Waals surface area contributed by atoms with Gasteiger partial charge in [-0.05, 0) is 40.0 Å². The van der Waals surface area contributed by atoms with Crippen LogP contribution in [0.5, 0.6) is 0 Å². The number of carbonyl (C=O) groups is 1. The lowest BCUT2D eigenvalue weighted by Gasteiger charge is -2.45. The highest BCUT2D eigenvalue weighted by molar-refractivity contribution is 5.76. The second kappa shape index (κ2) is 6.01. The van der Waals surface area contributed by atoms with Gasteiger partial charge in [-0.2, -0.15) is 0 Å². The molecule has 2 bridgehead atoms. The summed E-state index contributed by atoms with van der Waals surface area (Å²) in [6, 6.07) is 17.8. The van der Waals surface area contributed by atoms with E-state index in [1.54, 1.807) is 0 Å². The Morgan fingerprint density at radius 1 is 0.960 bits per heavy atom. The van der Waals surface area contributed by atoms with Gasteiger partial charge in [0, 0.05) is 24.8 Å². The predicted octanol–water partition coefficient (Wildman–Crippen LogP) is 4.84. The summed E-state index contributed by atoms with van der Waals surface area (Å²) in [5, 5.41) is 3.22. The van der Waals surface area contributed by atoms with Crippen molar-refractivity contribution in [2.75, 3.05) is 6.54 Å². The normalized spacial score (nSPS) is 23.7. The average Bonchev–Trinajstić information content (AvgIpc) is 2.59. The summed E-state index contributed by atoms with van der Waals surface area (Å²) in [6.07, 6.45) is 1.72. The van der Waals surface area contributed by atoms with Gasteiger partial charge in [-0.15, -0.1) is 0 Å². The maximum Gasteiger partial charge on any atom is 0.220 e. The Hall–Kier alpha value is -2.09. The Morgan fingerprint density at radius 2 is 1.48 bits per heavy atom. The molecular formula is C23H27NO. The average molecular weight is 333 g/mol. The molecule has 0 aromatic heterocycles. The molecule has 2 aromatic rings. The Morgan fingerprint density at radius 3 is 2.00 bits per heavy atom. The van der Waals surface area contributed by atoms with Gasteiger partial charge in [0.15, 0.2) is 0 Å². The molecule has 2 nitrogen and oxygen atoms in total. The van der Waals surface area contributed by atoms with Crippen LogP contribution in [0.1, 0.15) is 67.7 Å². The van der Waals surface area contributed by atoms with Gasteiger partial charge in [-0.25, -0.2) is 0 Å². The van der Waals surface area contributed by atoms with Crippen LogP contribution in [-0.4, -0.2) is 12.5 Å². The Kier molecular flexibility index (Phi) is 3.94. The van der Waals surface area contributed by atoms with Crippen molar-refractivity contribution in [3.8, 4) is 0 Å². The maximum atomic E-state index is 12.3. The number of benzene rings is 2. The minimum atomic E-state index is 0.0366. The van der Waals surface area contributed by atoms with Gasteiger partial charge in [-0.3, -0.25) is 4.79 Å². The summed E-state index contributed by atoms with van der Waals surface area (Å²) in [4.78, 5) is 12.3. The molecule has 5 rings (SSSR count). The van der Waals surface area contributed by atoms with Gasteiger partial charge in [0.2, 0.25) is 5.91 Å². The van der Waals surface area contributed by atoms with Crippen LogP contribution in [0.3, 0.4) is 0 Å². The lowest BCUT2D eigenvalue weighted by atomic mass is 9.59. The van der Waals surface area contributed by atoms with E-state index in [0.29, 0.717) is 24.2 Å². The van der Waals surface area contributed by atoms with Gasteiger partial charge in [0.25, 0.3) is 0 Å². The van der Waals surface area contributed by atoms with Crippen LogP contribution in [0, 0.1) is 11.3 Å². The highest BCUT2D eigenvalue weighted by atomic mass is 16.1. The van der Waals surface area contributed by atoms with Crippen molar-refractivity contribution in [2.24, 2.45) is 11.3 Å². The molecule has 0 saturated carbocycles. The minimum Gasteiger partial charge on any atom is -0.356 e. The molecule has 0 heterocycles. The molecule has 3 aliphatic rings. The summed E-state index contributed by atoms with van der Waals surface area (Å²) >= 11 is 0. The zero-order valence-corrected chi connectivity index (χ0v) is 15.4. The summed E-state index contributed by atoms with van der Waals surface area (Å²) in [6.45, 7) is 7.11. The number of hydrogen-bond donors (Lipinski definition) is 1. The molecule has 0 aliphatic heterocycles. The number of rotatable bonds is 3. The summed E-state index contributed by atoms with van der Waals surface area (Å²) in [5.74, 6) is 1.54. The second-order valence-corrected chi connectivity index (χ2v) is 8.83. The van der Waals surface area contributed by atoms with E-state index in [4.69, 9.17) is 0 Å². The van der Waals surface area contributed by atoms with E-state index < -0.39 is 0 Å². The van der Waals surface area contributed by atoms with E-state index in [-0.39, 0.29) is 11.3 Å². The third-order valence-corrected chi connectivity index (χ3v) is 5.68. The maximum absolute atomic E-state index is 12.3. The summed E-state index contributed by atoms with van der Waals surface area (Å²) < 4.78 is 0. The van der Waals surface area contributed by atoms with Crippen LogP contribution in [0.25, 0.3) is 0 Å². The van der Waals surface area contributed by atoms with Crippen molar-refractivity contribution in [1.82, 2.24) is 5.32 Å². The van der Waals surface area contributed by atoms with Crippen LogP contribution in [0.4, 0.5) is 0 Å². The first-order valence-corrected chi connectivity index (χ1v) is 9.38. The predicted molar refractivity (Wildman–Crippen MR) is 102 cm³/mol. The van der Waals surface area contributed by atoms with Crippen molar-refractivity contribution in [1.29, 1.82) is 0 Å². The van der Waals surface area contributed by atoms with Crippen molar-refractivity contribution < 1.29 is 4.79 Å². The molecule has 1 unspecified atom stereocenters. The monoisotopic (exact) mass is 333 g/mol. The first kappa shape index (κ1) is 16.4. The molecule has 0 radical (unpaired) electrons. The second-order valence-electron chi connectivity index (χ2n) is 8.83.